The highest BCUT2D eigenvalue weighted by Gasteiger charge is 2.34. The number of hydrogen-bond donors (Lipinski definition) is 1. The summed E-state index contributed by atoms with van der Waals surface area (Å²) in [5.41, 5.74) is 1.64. The maximum absolute atomic E-state index is 13.9. The Kier molecular flexibility index (Phi) is 5.44. The molecular weight excluding hydrogens is 422 g/mol. The zero-order valence-electron chi connectivity index (χ0n) is 16.1. The summed E-state index contributed by atoms with van der Waals surface area (Å²) >= 11 is 0.908. The van der Waals surface area contributed by atoms with E-state index in [4.69, 9.17) is 4.74 Å². The average Bonchev–Trinajstić information content (AvgIpc) is 3.26. The van der Waals surface area contributed by atoms with Crippen LogP contribution in [-0.2, 0) is 35.1 Å². The Balaban J connectivity index is 1.62. The van der Waals surface area contributed by atoms with Crippen molar-refractivity contribution in [3.63, 3.8) is 0 Å². The molecule has 3 aromatic rings. The van der Waals surface area contributed by atoms with Crippen molar-refractivity contribution in [2.45, 2.75) is 44.9 Å². The molecular formula is C20H19F4N3O2S. The topological polar surface area (TPSA) is 56.1 Å². The van der Waals surface area contributed by atoms with Crippen LogP contribution in [0.15, 0.2) is 23.6 Å². The van der Waals surface area contributed by atoms with Crippen LogP contribution in [0.4, 0.5) is 22.7 Å². The standard InChI is InChI=1S/C20H19F4N3O2S/c1-2-29-18(28)9-27-15-5-3-11(21)7-13(15)14-8-12(4-6-16(14)27)25-19-26-17(10-30-19)20(22,23)24/h3,5,7,10,12H,2,4,6,8-9H2,1H3,(H,25,26). The van der Waals surface area contributed by atoms with Crippen LogP contribution < -0.4 is 5.32 Å². The van der Waals surface area contributed by atoms with Crippen molar-refractivity contribution in [2.75, 3.05) is 11.9 Å². The van der Waals surface area contributed by atoms with E-state index in [0.717, 1.165) is 33.5 Å². The predicted octanol–water partition coefficient (Wildman–Crippen LogP) is 4.79. The molecule has 1 unspecified atom stereocenters. The van der Waals surface area contributed by atoms with Gasteiger partial charge in [-0.15, -0.1) is 11.3 Å². The number of nitrogens with one attached hydrogen (secondary N) is 1. The van der Waals surface area contributed by atoms with Gasteiger partial charge in [0.15, 0.2) is 10.8 Å². The summed E-state index contributed by atoms with van der Waals surface area (Å²) in [5, 5.41) is 4.97. The lowest BCUT2D eigenvalue weighted by Gasteiger charge is -2.24. The van der Waals surface area contributed by atoms with E-state index in [9.17, 15) is 22.4 Å². The molecule has 1 aromatic carbocycles. The molecule has 0 aliphatic heterocycles. The third-order valence-electron chi connectivity index (χ3n) is 5.14. The quantitative estimate of drug-likeness (QED) is 0.457. The molecule has 30 heavy (non-hydrogen) atoms. The third-order valence-corrected chi connectivity index (χ3v) is 5.92. The first-order chi connectivity index (χ1) is 14.3. The van der Waals surface area contributed by atoms with Gasteiger partial charge in [-0.3, -0.25) is 4.79 Å². The number of aromatic nitrogens is 2. The van der Waals surface area contributed by atoms with Gasteiger partial charge in [0, 0.05) is 28.0 Å². The molecule has 0 amide bonds. The number of carbonyl (C=O) groups is 1. The number of alkyl halides is 3. The Morgan fingerprint density at radius 2 is 2.20 bits per heavy atom. The fraction of sp³-hybridized carbons (Fsp3) is 0.400. The van der Waals surface area contributed by atoms with Gasteiger partial charge in [0.1, 0.15) is 12.4 Å². The molecule has 0 fully saturated rings. The summed E-state index contributed by atoms with van der Waals surface area (Å²) in [7, 11) is 0. The van der Waals surface area contributed by atoms with Crippen molar-refractivity contribution in [3.05, 3.63) is 46.3 Å². The molecule has 0 spiro atoms. The fourth-order valence-electron chi connectivity index (χ4n) is 3.91. The van der Waals surface area contributed by atoms with E-state index < -0.39 is 11.9 Å². The largest absolute Gasteiger partial charge is 0.465 e. The summed E-state index contributed by atoms with van der Waals surface area (Å²) < 4.78 is 59.2. The van der Waals surface area contributed by atoms with Gasteiger partial charge in [-0.25, -0.2) is 9.37 Å². The molecule has 1 N–H and O–H groups in total. The van der Waals surface area contributed by atoms with Crippen molar-refractivity contribution < 1.29 is 27.1 Å². The Morgan fingerprint density at radius 1 is 1.40 bits per heavy atom. The number of rotatable bonds is 5. The van der Waals surface area contributed by atoms with Crippen LogP contribution in [0.1, 0.15) is 30.3 Å². The maximum atomic E-state index is 13.9. The second kappa shape index (κ2) is 7.90. The van der Waals surface area contributed by atoms with Gasteiger partial charge in [-0.05, 0) is 49.9 Å². The second-order valence-corrected chi connectivity index (χ2v) is 7.96. The van der Waals surface area contributed by atoms with E-state index in [-0.39, 0.29) is 36.1 Å². The van der Waals surface area contributed by atoms with E-state index in [2.05, 4.69) is 10.3 Å². The van der Waals surface area contributed by atoms with Crippen LogP contribution in [0.25, 0.3) is 10.9 Å². The highest BCUT2D eigenvalue weighted by atomic mass is 32.1. The van der Waals surface area contributed by atoms with Crippen molar-refractivity contribution in [1.29, 1.82) is 0 Å². The number of hydrogen-bond acceptors (Lipinski definition) is 5. The van der Waals surface area contributed by atoms with Gasteiger partial charge in [0.2, 0.25) is 0 Å². The highest BCUT2D eigenvalue weighted by Crippen LogP contribution is 2.35. The second-order valence-electron chi connectivity index (χ2n) is 7.10. The summed E-state index contributed by atoms with van der Waals surface area (Å²) in [6.45, 7) is 2.04. The lowest BCUT2D eigenvalue weighted by atomic mass is 9.91. The van der Waals surface area contributed by atoms with Gasteiger partial charge in [0.05, 0.1) is 6.61 Å². The first-order valence-electron chi connectivity index (χ1n) is 9.50. The number of anilines is 1. The number of nitrogens with zero attached hydrogens (tertiary/aromatic N) is 2. The molecule has 5 nitrogen and oxygen atoms in total. The van der Waals surface area contributed by atoms with E-state index in [1.165, 1.54) is 12.1 Å². The minimum Gasteiger partial charge on any atom is -0.465 e. The Hall–Kier alpha value is -2.62. The average molecular weight is 441 g/mol. The molecule has 160 valence electrons. The molecule has 10 heteroatoms. The Labute approximate surface area is 173 Å². The number of esters is 1. The molecule has 0 radical (unpaired) electrons. The van der Waals surface area contributed by atoms with E-state index in [1.54, 1.807) is 13.0 Å². The molecule has 0 saturated heterocycles. The van der Waals surface area contributed by atoms with Crippen LogP contribution >= 0.6 is 11.3 Å². The minimum absolute atomic E-state index is 0.0326. The monoisotopic (exact) mass is 441 g/mol. The normalized spacial score (nSPS) is 16.5. The maximum Gasteiger partial charge on any atom is 0.434 e. The fourth-order valence-corrected chi connectivity index (χ4v) is 4.70. The van der Waals surface area contributed by atoms with Crippen LogP contribution in [-0.4, -0.2) is 28.2 Å². The van der Waals surface area contributed by atoms with Gasteiger partial charge < -0.3 is 14.6 Å². The van der Waals surface area contributed by atoms with Crippen molar-refractivity contribution in [2.24, 2.45) is 0 Å². The van der Waals surface area contributed by atoms with E-state index in [0.29, 0.717) is 24.6 Å². The summed E-state index contributed by atoms with van der Waals surface area (Å²) in [6.07, 6.45) is -2.74. The molecule has 2 heterocycles. The number of halogens is 4. The first-order valence-corrected chi connectivity index (χ1v) is 10.4. The van der Waals surface area contributed by atoms with Crippen LogP contribution in [0, 0.1) is 5.82 Å². The van der Waals surface area contributed by atoms with Crippen molar-refractivity contribution in [1.82, 2.24) is 9.55 Å². The highest BCUT2D eigenvalue weighted by molar-refractivity contribution is 7.13. The lowest BCUT2D eigenvalue weighted by molar-refractivity contribution is -0.144. The van der Waals surface area contributed by atoms with Crippen molar-refractivity contribution >= 4 is 33.3 Å². The van der Waals surface area contributed by atoms with Gasteiger partial charge in [-0.1, -0.05) is 0 Å². The van der Waals surface area contributed by atoms with Crippen LogP contribution in [0.2, 0.25) is 0 Å². The van der Waals surface area contributed by atoms with Crippen molar-refractivity contribution in [3.8, 4) is 0 Å². The van der Waals surface area contributed by atoms with E-state index in [1.807, 2.05) is 4.57 Å². The SMILES string of the molecule is CCOC(=O)Cn1c2c(c3cc(F)ccc31)CC(Nc1nc(C(F)(F)F)cs1)CC2. The summed E-state index contributed by atoms with van der Waals surface area (Å²) in [5.74, 6) is -0.757. The predicted molar refractivity (Wildman–Crippen MR) is 105 cm³/mol. The van der Waals surface area contributed by atoms with Gasteiger partial charge in [-0.2, -0.15) is 13.2 Å². The number of benzene rings is 1. The number of fused-ring (bicyclic) bond motifs is 3. The number of ether oxygens (including phenoxy) is 1. The Bertz CT molecular complexity index is 1090. The van der Waals surface area contributed by atoms with Crippen LogP contribution in [0.5, 0.6) is 0 Å². The van der Waals surface area contributed by atoms with Crippen LogP contribution in [0.3, 0.4) is 0 Å². The Morgan fingerprint density at radius 3 is 2.90 bits per heavy atom. The summed E-state index contributed by atoms with van der Waals surface area (Å²) in [6, 6.07) is 4.28. The minimum atomic E-state index is -4.48. The molecule has 1 aliphatic rings. The first kappa shape index (κ1) is 20.6. The lowest BCUT2D eigenvalue weighted by Crippen LogP contribution is -2.28. The zero-order chi connectivity index (χ0) is 21.5. The molecule has 0 bridgehead atoms. The third kappa shape index (κ3) is 4.00. The molecule has 1 atom stereocenters. The van der Waals surface area contributed by atoms with E-state index >= 15 is 0 Å². The number of thiazole rings is 1. The van der Waals surface area contributed by atoms with Gasteiger partial charge >= 0.3 is 12.1 Å². The molecule has 2 aromatic heterocycles. The molecule has 0 saturated carbocycles. The number of carbonyl (C=O) groups excluding carboxylic acids is 1. The smallest absolute Gasteiger partial charge is 0.434 e. The van der Waals surface area contributed by atoms with Gasteiger partial charge in [0.25, 0.3) is 0 Å². The molecule has 1 aliphatic carbocycles. The summed E-state index contributed by atoms with van der Waals surface area (Å²) in [4.78, 5) is 15.7. The molecule has 4 rings (SSSR count). The zero-order valence-corrected chi connectivity index (χ0v) is 16.9.